The highest BCUT2D eigenvalue weighted by Gasteiger charge is 2.16. The van der Waals surface area contributed by atoms with Crippen LogP contribution in [0.1, 0.15) is 18.9 Å². The Morgan fingerprint density at radius 1 is 1.50 bits per heavy atom. The highest BCUT2D eigenvalue weighted by molar-refractivity contribution is 9.10. The molecule has 0 amide bonds. The lowest BCUT2D eigenvalue weighted by Crippen LogP contribution is -2.11. The molecule has 0 fully saturated rings. The predicted octanol–water partition coefficient (Wildman–Crippen LogP) is 3.38. The van der Waals surface area contributed by atoms with Crippen LogP contribution in [0.3, 0.4) is 0 Å². The molecule has 2 nitrogen and oxygen atoms in total. The summed E-state index contributed by atoms with van der Waals surface area (Å²) in [6.07, 6.45) is 0.282. The second-order valence-corrected chi connectivity index (χ2v) is 4.45. The molecule has 0 aliphatic carbocycles. The van der Waals surface area contributed by atoms with E-state index in [1.807, 2.05) is 0 Å². The van der Waals surface area contributed by atoms with Gasteiger partial charge in [0, 0.05) is 5.56 Å². The van der Waals surface area contributed by atoms with E-state index < -0.39 is 23.5 Å². The van der Waals surface area contributed by atoms with E-state index in [4.69, 9.17) is 5.11 Å². The third-order valence-electron chi connectivity index (χ3n) is 2.39. The largest absolute Gasteiger partial charge is 0.481 e. The van der Waals surface area contributed by atoms with Gasteiger partial charge in [-0.1, -0.05) is 6.92 Å². The van der Waals surface area contributed by atoms with Gasteiger partial charge in [-0.25, -0.2) is 8.78 Å². The van der Waals surface area contributed by atoms with Crippen LogP contribution in [0.4, 0.5) is 8.78 Å². The fourth-order valence-corrected chi connectivity index (χ4v) is 1.65. The number of hydrogen-bond acceptors (Lipinski definition) is 1. The number of benzene rings is 1. The molecule has 1 aromatic carbocycles. The summed E-state index contributed by atoms with van der Waals surface area (Å²) >= 11 is 2.96. The summed E-state index contributed by atoms with van der Waals surface area (Å²) in [6, 6.07) is 2.45. The minimum absolute atomic E-state index is 0.0672. The molecule has 0 spiro atoms. The highest BCUT2D eigenvalue weighted by Crippen LogP contribution is 2.23. The summed E-state index contributed by atoms with van der Waals surface area (Å²) in [5.74, 6) is -2.87. The molecule has 1 rings (SSSR count). The Kier molecular flexibility index (Phi) is 4.41. The van der Waals surface area contributed by atoms with Gasteiger partial charge in [-0.2, -0.15) is 0 Å². The Morgan fingerprint density at radius 3 is 2.69 bits per heavy atom. The van der Waals surface area contributed by atoms with Gasteiger partial charge in [0.25, 0.3) is 0 Å². The van der Waals surface area contributed by atoms with Crippen LogP contribution >= 0.6 is 15.9 Å². The molecule has 0 saturated heterocycles. The molecule has 0 aromatic heterocycles. The lowest BCUT2D eigenvalue weighted by Gasteiger charge is -2.08. The first-order chi connectivity index (χ1) is 7.43. The Hall–Kier alpha value is -0.970. The summed E-state index contributed by atoms with van der Waals surface area (Å²) < 4.78 is 26.9. The quantitative estimate of drug-likeness (QED) is 0.864. The van der Waals surface area contributed by atoms with Crippen LogP contribution in [0.15, 0.2) is 16.6 Å². The van der Waals surface area contributed by atoms with Gasteiger partial charge >= 0.3 is 5.97 Å². The SMILES string of the molecule is CC(CCc1c(F)ccc(Br)c1F)C(=O)O. The minimum atomic E-state index is -0.962. The topological polar surface area (TPSA) is 37.3 Å². The zero-order valence-corrected chi connectivity index (χ0v) is 10.2. The van der Waals surface area contributed by atoms with Crippen molar-refractivity contribution < 1.29 is 18.7 Å². The van der Waals surface area contributed by atoms with E-state index in [1.165, 1.54) is 13.0 Å². The molecule has 0 aliphatic heterocycles. The Balaban J connectivity index is 2.81. The summed E-state index contributed by atoms with van der Waals surface area (Å²) in [5.41, 5.74) is -0.0672. The van der Waals surface area contributed by atoms with Crippen LogP contribution in [-0.2, 0) is 11.2 Å². The van der Waals surface area contributed by atoms with Crippen LogP contribution in [0.5, 0.6) is 0 Å². The molecule has 0 saturated carbocycles. The first kappa shape index (κ1) is 13.1. The van der Waals surface area contributed by atoms with Crippen molar-refractivity contribution >= 4 is 21.9 Å². The van der Waals surface area contributed by atoms with E-state index in [-0.39, 0.29) is 22.9 Å². The third-order valence-corrected chi connectivity index (χ3v) is 3.00. The fourth-order valence-electron chi connectivity index (χ4n) is 1.28. The predicted molar refractivity (Wildman–Crippen MR) is 59.2 cm³/mol. The molecule has 1 aromatic rings. The lowest BCUT2D eigenvalue weighted by atomic mass is 10.0. The van der Waals surface area contributed by atoms with Crippen molar-refractivity contribution in [3.8, 4) is 0 Å². The van der Waals surface area contributed by atoms with E-state index in [0.717, 1.165) is 6.07 Å². The maximum absolute atomic E-state index is 13.5. The van der Waals surface area contributed by atoms with E-state index in [2.05, 4.69) is 15.9 Å². The number of halogens is 3. The van der Waals surface area contributed by atoms with Crippen molar-refractivity contribution in [1.82, 2.24) is 0 Å². The maximum atomic E-state index is 13.5. The summed E-state index contributed by atoms with van der Waals surface area (Å²) in [5, 5.41) is 8.66. The van der Waals surface area contributed by atoms with Crippen LogP contribution in [0.2, 0.25) is 0 Å². The van der Waals surface area contributed by atoms with Gasteiger partial charge in [0.15, 0.2) is 0 Å². The normalized spacial score (nSPS) is 12.5. The van der Waals surface area contributed by atoms with Gasteiger partial charge in [-0.05, 0) is 40.9 Å². The molecule has 1 N–H and O–H groups in total. The van der Waals surface area contributed by atoms with Gasteiger partial charge in [-0.15, -0.1) is 0 Å². The van der Waals surface area contributed by atoms with Crippen LogP contribution in [0.25, 0.3) is 0 Å². The molecule has 1 unspecified atom stereocenters. The number of aliphatic carboxylic acids is 1. The molecular weight excluding hydrogens is 282 g/mol. The van der Waals surface area contributed by atoms with Crippen LogP contribution in [0, 0.1) is 17.6 Å². The summed E-state index contributed by atoms with van der Waals surface area (Å²) in [4.78, 5) is 10.6. The van der Waals surface area contributed by atoms with Gasteiger partial charge < -0.3 is 5.11 Å². The number of hydrogen-bond donors (Lipinski definition) is 1. The second-order valence-electron chi connectivity index (χ2n) is 3.60. The molecule has 1 atom stereocenters. The third kappa shape index (κ3) is 3.01. The smallest absolute Gasteiger partial charge is 0.306 e. The van der Waals surface area contributed by atoms with Crippen molar-refractivity contribution in [2.75, 3.05) is 0 Å². The van der Waals surface area contributed by atoms with Crippen molar-refractivity contribution in [3.05, 3.63) is 33.8 Å². The number of rotatable bonds is 4. The van der Waals surface area contributed by atoms with Gasteiger partial charge in [0.2, 0.25) is 0 Å². The zero-order chi connectivity index (χ0) is 12.3. The second kappa shape index (κ2) is 5.39. The summed E-state index contributed by atoms with van der Waals surface area (Å²) in [6.45, 7) is 1.51. The van der Waals surface area contributed by atoms with Crippen molar-refractivity contribution in [2.24, 2.45) is 5.92 Å². The van der Waals surface area contributed by atoms with Gasteiger partial charge in [-0.3, -0.25) is 4.79 Å². The Labute approximate surface area is 100 Å². The fraction of sp³-hybridized carbons (Fsp3) is 0.364. The standard InChI is InChI=1S/C11H11BrF2O2/c1-6(11(15)16)2-3-7-9(13)5-4-8(12)10(7)14/h4-6H,2-3H2,1H3,(H,15,16). The summed E-state index contributed by atoms with van der Waals surface area (Å²) in [7, 11) is 0. The molecular formula is C11H11BrF2O2. The maximum Gasteiger partial charge on any atom is 0.306 e. The number of carbonyl (C=O) groups is 1. The van der Waals surface area contributed by atoms with Crippen LogP contribution < -0.4 is 0 Å². The average molecular weight is 293 g/mol. The van der Waals surface area contributed by atoms with E-state index >= 15 is 0 Å². The molecule has 0 aliphatic rings. The number of carboxylic acids is 1. The molecule has 5 heteroatoms. The monoisotopic (exact) mass is 292 g/mol. The minimum Gasteiger partial charge on any atom is -0.481 e. The van der Waals surface area contributed by atoms with E-state index in [1.54, 1.807) is 0 Å². The highest BCUT2D eigenvalue weighted by atomic mass is 79.9. The van der Waals surface area contributed by atoms with Crippen molar-refractivity contribution in [2.45, 2.75) is 19.8 Å². The number of carboxylic acid groups (broad SMARTS) is 1. The van der Waals surface area contributed by atoms with Gasteiger partial charge in [0.1, 0.15) is 11.6 Å². The molecule has 0 heterocycles. The Bertz CT molecular complexity index is 407. The first-order valence-electron chi connectivity index (χ1n) is 4.78. The molecule has 0 bridgehead atoms. The van der Waals surface area contributed by atoms with Crippen molar-refractivity contribution in [1.29, 1.82) is 0 Å². The molecule has 16 heavy (non-hydrogen) atoms. The van der Waals surface area contributed by atoms with E-state index in [9.17, 15) is 13.6 Å². The molecule has 88 valence electrons. The average Bonchev–Trinajstić information content (AvgIpc) is 2.23. The van der Waals surface area contributed by atoms with Crippen LogP contribution in [-0.4, -0.2) is 11.1 Å². The Morgan fingerprint density at radius 2 is 2.12 bits per heavy atom. The zero-order valence-electron chi connectivity index (χ0n) is 8.64. The lowest BCUT2D eigenvalue weighted by molar-refractivity contribution is -0.141. The van der Waals surface area contributed by atoms with Gasteiger partial charge in [0.05, 0.1) is 10.4 Å². The van der Waals surface area contributed by atoms with E-state index in [0.29, 0.717) is 0 Å². The molecule has 0 radical (unpaired) electrons. The first-order valence-corrected chi connectivity index (χ1v) is 5.58. The van der Waals surface area contributed by atoms with Crippen molar-refractivity contribution in [3.63, 3.8) is 0 Å².